The maximum absolute atomic E-state index is 10.9. The molecule has 21 heavy (non-hydrogen) atoms. The summed E-state index contributed by atoms with van der Waals surface area (Å²) in [5, 5.41) is 2.32. The average Bonchev–Trinajstić information content (AvgIpc) is 2.35. The highest BCUT2D eigenvalue weighted by Crippen LogP contribution is 2.37. The summed E-state index contributed by atoms with van der Waals surface area (Å²) in [4.78, 5) is 0. The molecule has 0 radical (unpaired) electrons. The van der Waals surface area contributed by atoms with Crippen molar-refractivity contribution in [3.8, 4) is 5.75 Å². The van der Waals surface area contributed by atoms with Gasteiger partial charge in [-0.05, 0) is 43.9 Å². The Morgan fingerprint density at radius 2 is 1.52 bits per heavy atom. The van der Waals surface area contributed by atoms with Crippen molar-refractivity contribution in [2.75, 3.05) is 0 Å². The first-order valence-electron chi connectivity index (χ1n) is 7.26. The van der Waals surface area contributed by atoms with Crippen molar-refractivity contribution < 1.29 is 9.09 Å². The van der Waals surface area contributed by atoms with Gasteiger partial charge in [-0.2, -0.15) is 0 Å². The summed E-state index contributed by atoms with van der Waals surface area (Å²) >= 11 is 0. The molecule has 112 valence electrons. The van der Waals surface area contributed by atoms with E-state index in [2.05, 4.69) is 65.8 Å². The van der Waals surface area contributed by atoms with Crippen LogP contribution in [0, 0.1) is 0 Å². The quantitative estimate of drug-likeness (QED) is 0.660. The van der Waals surface area contributed by atoms with E-state index in [1.165, 1.54) is 10.9 Å². The molecule has 0 aromatic heterocycles. The molecule has 0 aliphatic carbocycles. The van der Waals surface area contributed by atoms with Crippen molar-refractivity contribution in [1.29, 1.82) is 0 Å². The second-order valence-corrected chi connectivity index (χ2v) is 7.97. The SMILES string of the molecule is CC(C)(C)c1ccc2cc(O[PH+]=O)c(C(C)(C)C)cc2c1. The molecule has 0 saturated carbocycles. The Morgan fingerprint density at radius 1 is 0.857 bits per heavy atom. The van der Waals surface area contributed by atoms with Gasteiger partial charge >= 0.3 is 8.69 Å². The second kappa shape index (κ2) is 5.42. The van der Waals surface area contributed by atoms with Crippen LogP contribution < -0.4 is 4.52 Å². The van der Waals surface area contributed by atoms with Gasteiger partial charge in [0.15, 0.2) is 5.75 Å². The molecule has 0 heterocycles. The standard InChI is InChI=1S/C18H24O2P/c1-17(2,3)14-8-7-12-11-16(20-21-19)15(18(4,5)6)10-13(12)9-14/h7-11,21H,1-6H3/q+1. The molecular weight excluding hydrogens is 279 g/mol. The van der Waals surface area contributed by atoms with Crippen LogP contribution in [0.25, 0.3) is 10.8 Å². The zero-order chi connectivity index (χ0) is 15.8. The summed E-state index contributed by atoms with van der Waals surface area (Å²) in [6.45, 7) is 13.1. The van der Waals surface area contributed by atoms with E-state index < -0.39 is 8.69 Å². The van der Waals surface area contributed by atoms with Gasteiger partial charge in [0.1, 0.15) is 0 Å². The van der Waals surface area contributed by atoms with Crippen molar-refractivity contribution >= 4 is 19.5 Å². The van der Waals surface area contributed by atoms with E-state index in [0.717, 1.165) is 10.9 Å². The lowest BCUT2D eigenvalue weighted by Gasteiger charge is -2.22. The molecule has 0 aliphatic heterocycles. The van der Waals surface area contributed by atoms with Gasteiger partial charge in [0.2, 0.25) is 0 Å². The molecule has 0 spiro atoms. The highest BCUT2D eigenvalue weighted by atomic mass is 31.1. The molecule has 0 amide bonds. The van der Waals surface area contributed by atoms with E-state index in [-0.39, 0.29) is 10.8 Å². The minimum absolute atomic E-state index is 0.0547. The Kier molecular flexibility index (Phi) is 4.13. The van der Waals surface area contributed by atoms with Crippen LogP contribution in [-0.2, 0) is 15.4 Å². The summed E-state index contributed by atoms with van der Waals surface area (Å²) in [7, 11) is -0.780. The monoisotopic (exact) mass is 303 g/mol. The van der Waals surface area contributed by atoms with Crippen LogP contribution in [0.15, 0.2) is 30.3 Å². The fraction of sp³-hybridized carbons (Fsp3) is 0.444. The first kappa shape index (κ1) is 16.0. The van der Waals surface area contributed by atoms with Gasteiger partial charge in [-0.3, -0.25) is 4.52 Å². The van der Waals surface area contributed by atoms with Crippen LogP contribution in [-0.4, -0.2) is 0 Å². The molecule has 3 heteroatoms. The zero-order valence-corrected chi connectivity index (χ0v) is 14.7. The molecule has 0 N–H and O–H groups in total. The normalized spacial score (nSPS) is 12.9. The number of fused-ring (bicyclic) bond motifs is 1. The molecule has 2 rings (SSSR count). The molecule has 0 aliphatic rings. The smallest absolute Gasteiger partial charge is 0.256 e. The summed E-state index contributed by atoms with van der Waals surface area (Å²) < 4.78 is 16.2. The number of hydrogen-bond acceptors (Lipinski definition) is 2. The third kappa shape index (κ3) is 3.44. The lowest BCUT2D eigenvalue weighted by atomic mass is 9.83. The van der Waals surface area contributed by atoms with Crippen LogP contribution in [0.3, 0.4) is 0 Å². The van der Waals surface area contributed by atoms with Crippen LogP contribution in [0.5, 0.6) is 5.75 Å². The van der Waals surface area contributed by atoms with Crippen molar-refractivity contribution in [2.24, 2.45) is 0 Å². The lowest BCUT2D eigenvalue weighted by molar-refractivity contribution is 0.503. The van der Waals surface area contributed by atoms with Crippen LogP contribution in [0.4, 0.5) is 0 Å². The summed E-state index contributed by atoms with van der Waals surface area (Å²) in [6.07, 6.45) is 0. The second-order valence-electron chi connectivity index (χ2n) is 7.60. The Bertz CT molecular complexity index is 676. The molecule has 2 aromatic rings. The summed E-state index contributed by atoms with van der Waals surface area (Å²) in [6, 6.07) is 10.7. The number of hydrogen-bond donors (Lipinski definition) is 0. The third-order valence-electron chi connectivity index (χ3n) is 3.76. The minimum atomic E-state index is -0.780. The molecule has 2 aromatic carbocycles. The van der Waals surface area contributed by atoms with Crippen molar-refractivity contribution in [3.05, 3.63) is 41.5 Å². The third-order valence-corrected chi connectivity index (χ3v) is 4.07. The summed E-state index contributed by atoms with van der Waals surface area (Å²) in [5.74, 6) is 0.715. The van der Waals surface area contributed by atoms with Crippen molar-refractivity contribution in [1.82, 2.24) is 0 Å². The van der Waals surface area contributed by atoms with Gasteiger partial charge in [0, 0.05) is 5.56 Å². The van der Waals surface area contributed by atoms with E-state index in [1.807, 2.05) is 6.07 Å². The predicted molar refractivity (Wildman–Crippen MR) is 91.0 cm³/mol. The maximum atomic E-state index is 10.9. The molecule has 0 fully saturated rings. The van der Waals surface area contributed by atoms with Crippen LogP contribution in [0.1, 0.15) is 52.7 Å². The molecule has 0 saturated heterocycles. The Balaban J connectivity index is 2.70. The number of benzene rings is 2. The zero-order valence-electron chi connectivity index (χ0n) is 13.7. The molecular formula is C18H24O2P+. The van der Waals surface area contributed by atoms with Crippen LogP contribution >= 0.6 is 8.69 Å². The van der Waals surface area contributed by atoms with E-state index in [0.29, 0.717) is 5.75 Å². The van der Waals surface area contributed by atoms with E-state index >= 15 is 0 Å². The van der Waals surface area contributed by atoms with Gasteiger partial charge in [-0.15, -0.1) is 0 Å². The van der Waals surface area contributed by atoms with Crippen LogP contribution in [0.2, 0.25) is 0 Å². The first-order chi connectivity index (χ1) is 9.63. The van der Waals surface area contributed by atoms with Crippen molar-refractivity contribution in [2.45, 2.75) is 52.4 Å². The maximum Gasteiger partial charge on any atom is 0.542 e. The van der Waals surface area contributed by atoms with Gasteiger partial charge in [0.25, 0.3) is 0 Å². The first-order valence-corrected chi connectivity index (χ1v) is 8.07. The highest BCUT2D eigenvalue weighted by Gasteiger charge is 2.22. The van der Waals surface area contributed by atoms with Gasteiger partial charge < -0.3 is 0 Å². The lowest BCUT2D eigenvalue weighted by Crippen LogP contribution is -2.13. The summed E-state index contributed by atoms with van der Waals surface area (Å²) in [5.41, 5.74) is 2.47. The fourth-order valence-electron chi connectivity index (χ4n) is 2.46. The largest absolute Gasteiger partial charge is 0.542 e. The minimum Gasteiger partial charge on any atom is -0.256 e. The molecule has 1 atom stereocenters. The van der Waals surface area contributed by atoms with Gasteiger partial charge in [-0.25, -0.2) is 0 Å². The Hall–Kier alpha value is -1.40. The molecule has 0 bridgehead atoms. The van der Waals surface area contributed by atoms with Gasteiger partial charge in [-0.1, -0.05) is 59.7 Å². The van der Waals surface area contributed by atoms with E-state index in [1.54, 1.807) is 0 Å². The topological polar surface area (TPSA) is 26.3 Å². The van der Waals surface area contributed by atoms with E-state index in [9.17, 15) is 4.57 Å². The Morgan fingerprint density at radius 3 is 2.05 bits per heavy atom. The van der Waals surface area contributed by atoms with Crippen molar-refractivity contribution in [3.63, 3.8) is 0 Å². The Labute approximate surface area is 128 Å². The predicted octanol–water partition coefficient (Wildman–Crippen LogP) is 5.75. The highest BCUT2D eigenvalue weighted by molar-refractivity contribution is 7.17. The van der Waals surface area contributed by atoms with E-state index in [4.69, 9.17) is 4.52 Å². The molecule has 2 nitrogen and oxygen atoms in total. The average molecular weight is 303 g/mol. The number of rotatable bonds is 2. The fourth-order valence-corrected chi connectivity index (χ4v) is 2.72. The molecule has 1 unspecified atom stereocenters. The van der Waals surface area contributed by atoms with Gasteiger partial charge in [0.05, 0.1) is 0 Å².